The van der Waals surface area contributed by atoms with Crippen molar-refractivity contribution >= 4 is 15.9 Å². The number of hydrogen-bond donors (Lipinski definition) is 0. The van der Waals surface area contributed by atoms with Crippen molar-refractivity contribution in [1.82, 2.24) is 9.13 Å². The van der Waals surface area contributed by atoms with Gasteiger partial charge in [-0.05, 0) is 25.0 Å². The van der Waals surface area contributed by atoms with Gasteiger partial charge in [0.05, 0.1) is 17.1 Å². The van der Waals surface area contributed by atoms with Crippen LogP contribution in [-0.4, -0.2) is 14.5 Å². The number of aromatic nitrogens is 2. The molecule has 1 aromatic heterocycles. The van der Waals surface area contributed by atoms with Crippen LogP contribution < -0.4 is 5.69 Å². The van der Waals surface area contributed by atoms with Crippen LogP contribution in [0.25, 0.3) is 28.2 Å². The summed E-state index contributed by atoms with van der Waals surface area (Å²) >= 11 is 3.51. The number of nitrogens with zero attached hydrogens (tertiary/aromatic N) is 2. The van der Waals surface area contributed by atoms with Crippen LogP contribution in [-0.2, 0) is 6.54 Å². The third-order valence-corrected chi connectivity index (χ3v) is 6.32. The first-order chi connectivity index (χ1) is 15.8. The van der Waals surface area contributed by atoms with E-state index in [1.807, 2.05) is 75.9 Å². The van der Waals surface area contributed by atoms with Crippen molar-refractivity contribution in [2.75, 3.05) is 5.33 Å². The number of benzene rings is 3. The molecule has 0 spiro atoms. The fourth-order valence-corrected chi connectivity index (χ4v) is 4.61. The topological polar surface area (TPSA) is 26.9 Å². The summed E-state index contributed by atoms with van der Waals surface area (Å²) in [6.07, 6.45) is 5.76. The molecule has 4 aromatic rings. The minimum atomic E-state index is 0.0226. The van der Waals surface area contributed by atoms with E-state index in [9.17, 15) is 4.79 Å². The lowest BCUT2D eigenvalue weighted by molar-refractivity contribution is 0.560. The van der Waals surface area contributed by atoms with E-state index >= 15 is 0 Å². The van der Waals surface area contributed by atoms with Gasteiger partial charge in [0.2, 0.25) is 0 Å². The van der Waals surface area contributed by atoms with Crippen LogP contribution in [0.4, 0.5) is 0 Å². The predicted octanol–water partition coefficient (Wildman–Crippen LogP) is 7.32. The van der Waals surface area contributed by atoms with Crippen LogP contribution >= 0.6 is 15.9 Å². The van der Waals surface area contributed by atoms with Crippen molar-refractivity contribution in [2.45, 2.75) is 38.6 Å². The van der Waals surface area contributed by atoms with Crippen molar-refractivity contribution in [1.29, 1.82) is 0 Å². The van der Waals surface area contributed by atoms with Crippen LogP contribution in [0.5, 0.6) is 0 Å². The van der Waals surface area contributed by atoms with E-state index in [4.69, 9.17) is 0 Å². The van der Waals surface area contributed by atoms with E-state index in [0.717, 1.165) is 52.9 Å². The standard InChI is InChI=1S/C28H29BrN2O/c29-21-13-2-1-3-14-22-30-26(23-15-7-4-8-16-23)27(24-17-9-5-10-18-24)31(28(30)32)25-19-11-6-12-20-25/h4-12,15-20H,1-3,13-14,21-22H2. The van der Waals surface area contributed by atoms with E-state index in [1.54, 1.807) is 0 Å². The van der Waals surface area contributed by atoms with Crippen molar-refractivity contribution in [2.24, 2.45) is 0 Å². The Labute approximate surface area is 198 Å². The minimum absolute atomic E-state index is 0.0226. The fourth-order valence-electron chi connectivity index (χ4n) is 4.21. The van der Waals surface area contributed by atoms with E-state index in [0.29, 0.717) is 0 Å². The number of alkyl halides is 1. The summed E-state index contributed by atoms with van der Waals surface area (Å²) in [6.45, 7) is 0.719. The first kappa shape index (κ1) is 22.3. The van der Waals surface area contributed by atoms with E-state index in [-0.39, 0.29) is 5.69 Å². The smallest absolute Gasteiger partial charge is 0.291 e. The highest BCUT2D eigenvalue weighted by atomic mass is 79.9. The highest BCUT2D eigenvalue weighted by Gasteiger charge is 2.23. The fraction of sp³-hybridized carbons (Fsp3) is 0.250. The van der Waals surface area contributed by atoms with Crippen molar-refractivity contribution in [3.05, 3.63) is 101 Å². The molecule has 0 unspecified atom stereocenters. The lowest BCUT2D eigenvalue weighted by Crippen LogP contribution is -2.24. The van der Waals surface area contributed by atoms with E-state index in [1.165, 1.54) is 19.3 Å². The number of rotatable bonds is 10. The second-order valence-electron chi connectivity index (χ2n) is 7.99. The van der Waals surface area contributed by atoms with Gasteiger partial charge >= 0.3 is 5.69 Å². The van der Waals surface area contributed by atoms with E-state index < -0.39 is 0 Å². The zero-order chi connectivity index (χ0) is 22.2. The number of halogens is 1. The molecule has 3 nitrogen and oxygen atoms in total. The predicted molar refractivity (Wildman–Crippen MR) is 138 cm³/mol. The average molecular weight is 489 g/mol. The maximum atomic E-state index is 13.8. The van der Waals surface area contributed by atoms with Crippen LogP contribution in [0.1, 0.15) is 32.1 Å². The summed E-state index contributed by atoms with van der Waals surface area (Å²) in [5.41, 5.74) is 4.97. The SMILES string of the molecule is O=c1n(CCCCCCCBr)c(-c2ccccc2)c(-c2ccccc2)n1-c1ccccc1. The van der Waals surface area contributed by atoms with Crippen LogP contribution in [0.2, 0.25) is 0 Å². The first-order valence-corrected chi connectivity index (χ1v) is 12.5. The molecule has 0 saturated carbocycles. The molecule has 0 radical (unpaired) electrons. The zero-order valence-electron chi connectivity index (χ0n) is 18.3. The summed E-state index contributed by atoms with van der Waals surface area (Å²) in [7, 11) is 0. The molecule has 0 bridgehead atoms. The second kappa shape index (κ2) is 11.1. The van der Waals surface area contributed by atoms with Crippen molar-refractivity contribution < 1.29 is 0 Å². The van der Waals surface area contributed by atoms with Gasteiger partial charge in [0.15, 0.2) is 0 Å². The Bertz CT molecular complexity index is 1160. The summed E-state index contributed by atoms with van der Waals surface area (Å²) in [6, 6.07) is 30.5. The van der Waals surface area contributed by atoms with Gasteiger partial charge in [-0.2, -0.15) is 0 Å². The Balaban J connectivity index is 1.85. The highest BCUT2D eigenvalue weighted by Crippen LogP contribution is 2.33. The lowest BCUT2D eigenvalue weighted by Gasteiger charge is -2.12. The number of para-hydroxylation sites is 1. The normalized spacial score (nSPS) is 11.0. The molecule has 4 rings (SSSR count). The molecule has 164 valence electrons. The van der Waals surface area contributed by atoms with Gasteiger partial charge < -0.3 is 0 Å². The molecule has 0 N–H and O–H groups in total. The van der Waals surface area contributed by atoms with Gasteiger partial charge in [0.1, 0.15) is 0 Å². The third-order valence-electron chi connectivity index (χ3n) is 5.76. The molecule has 3 aromatic carbocycles. The second-order valence-corrected chi connectivity index (χ2v) is 8.78. The molecule has 0 aliphatic heterocycles. The molecule has 32 heavy (non-hydrogen) atoms. The van der Waals surface area contributed by atoms with Gasteiger partial charge in [-0.15, -0.1) is 0 Å². The van der Waals surface area contributed by atoms with Gasteiger partial charge in [-0.25, -0.2) is 4.79 Å². The monoisotopic (exact) mass is 488 g/mol. The maximum absolute atomic E-state index is 13.8. The quantitative estimate of drug-likeness (QED) is 0.169. The summed E-state index contributed by atoms with van der Waals surface area (Å²) < 4.78 is 3.86. The van der Waals surface area contributed by atoms with Gasteiger partial charge in [0, 0.05) is 23.0 Å². The van der Waals surface area contributed by atoms with Crippen LogP contribution in [0.15, 0.2) is 95.8 Å². The average Bonchev–Trinajstić information content (AvgIpc) is 3.15. The molecule has 0 fully saturated rings. The zero-order valence-corrected chi connectivity index (χ0v) is 19.9. The molecule has 0 atom stereocenters. The molecule has 0 saturated heterocycles. The molecule has 0 amide bonds. The Morgan fingerprint density at radius 3 is 1.69 bits per heavy atom. The van der Waals surface area contributed by atoms with Crippen LogP contribution in [0, 0.1) is 0 Å². The van der Waals surface area contributed by atoms with Gasteiger partial charge in [0.25, 0.3) is 0 Å². The summed E-state index contributed by atoms with van der Waals surface area (Å²) in [5.74, 6) is 0. The van der Waals surface area contributed by atoms with Gasteiger partial charge in [-0.1, -0.05) is 114 Å². The minimum Gasteiger partial charge on any atom is -0.291 e. The number of imidazole rings is 1. The summed E-state index contributed by atoms with van der Waals surface area (Å²) in [5, 5.41) is 1.06. The van der Waals surface area contributed by atoms with Crippen LogP contribution in [0.3, 0.4) is 0 Å². The molecule has 0 aliphatic carbocycles. The van der Waals surface area contributed by atoms with Crippen molar-refractivity contribution in [3.8, 4) is 28.2 Å². The Morgan fingerprint density at radius 1 is 0.594 bits per heavy atom. The molecular weight excluding hydrogens is 460 g/mol. The molecule has 1 heterocycles. The maximum Gasteiger partial charge on any atom is 0.333 e. The summed E-state index contributed by atoms with van der Waals surface area (Å²) in [4.78, 5) is 13.8. The number of hydrogen-bond acceptors (Lipinski definition) is 1. The first-order valence-electron chi connectivity index (χ1n) is 11.4. The third kappa shape index (κ3) is 4.97. The Kier molecular flexibility index (Phi) is 7.78. The largest absolute Gasteiger partial charge is 0.333 e. The van der Waals surface area contributed by atoms with Gasteiger partial charge in [-0.3, -0.25) is 9.13 Å². The van der Waals surface area contributed by atoms with Crippen molar-refractivity contribution in [3.63, 3.8) is 0 Å². The lowest BCUT2D eigenvalue weighted by atomic mass is 10.0. The highest BCUT2D eigenvalue weighted by molar-refractivity contribution is 9.09. The molecular formula is C28H29BrN2O. The molecule has 4 heteroatoms. The Hall–Kier alpha value is -2.85. The molecule has 0 aliphatic rings. The number of unbranched alkanes of at least 4 members (excludes halogenated alkanes) is 4. The Morgan fingerprint density at radius 2 is 1.09 bits per heavy atom. The van der Waals surface area contributed by atoms with E-state index in [2.05, 4.69) is 40.2 Å².